The first-order valence-corrected chi connectivity index (χ1v) is 9.00. The molecule has 8 heteroatoms. The van der Waals surface area contributed by atoms with Crippen molar-refractivity contribution in [2.75, 3.05) is 5.32 Å². The Morgan fingerprint density at radius 2 is 1.93 bits per heavy atom. The topological polar surface area (TPSA) is 97.2 Å². The van der Waals surface area contributed by atoms with Crippen LogP contribution in [-0.2, 0) is 7.05 Å². The van der Waals surface area contributed by atoms with Crippen LogP contribution in [0.1, 0.15) is 18.8 Å². The van der Waals surface area contributed by atoms with Crippen molar-refractivity contribution in [2.24, 2.45) is 7.05 Å². The van der Waals surface area contributed by atoms with Crippen LogP contribution in [0, 0.1) is 0 Å². The summed E-state index contributed by atoms with van der Waals surface area (Å²) in [7, 11) is 1.87. The third-order valence-electron chi connectivity index (χ3n) is 4.68. The molecule has 0 aliphatic heterocycles. The van der Waals surface area contributed by atoms with Gasteiger partial charge in [0.05, 0.1) is 28.7 Å². The van der Waals surface area contributed by atoms with Crippen LogP contribution < -0.4 is 5.32 Å². The number of nitrogens with one attached hydrogen (secondary N) is 2. The van der Waals surface area contributed by atoms with Crippen molar-refractivity contribution in [3.05, 3.63) is 60.8 Å². The van der Waals surface area contributed by atoms with Crippen molar-refractivity contribution in [3.63, 3.8) is 0 Å². The molecule has 8 nitrogen and oxygen atoms in total. The van der Waals surface area contributed by atoms with E-state index >= 15 is 0 Å². The molecular formula is C20H18N8. The number of para-hydroxylation sites is 2. The van der Waals surface area contributed by atoms with Crippen LogP contribution in [-0.4, -0.2) is 34.7 Å². The van der Waals surface area contributed by atoms with Gasteiger partial charge in [0, 0.05) is 25.0 Å². The number of aromatic amines is 1. The molecule has 1 atom stereocenters. The number of aryl methyl sites for hydroxylation is 1. The lowest BCUT2D eigenvalue weighted by molar-refractivity contribution is 0.785. The van der Waals surface area contributed by atoms with Gasteiger partial charge in [-0.1, -0.05) is 12.1 Å². The monoisotopic (exact) mass is 370 g/mol. The van der Waals surface area contributed by atoms with Gasteiger partial charge in [-0.2, -0.15) is 5.10 Å². The summed E-state index contributed by atoms with van der Waals surface area (Å²) in [5.74, 6) is 2.16. The molecule has 0 saturated heterocycles. The van der Waals surface area contributed by atoms with E-state index in [1.54, 1.807) is 23.3 Å². The second-order valence-electron chi connectivity index (χ2n) is 6.65. The minimum Gasteiger partial charge on any atom is -0.360 e. The molecular weight excluding hydrogens is 352 g/mol. The summed E-state index contributed by atoms with van der Waals surface area (Å²) in [6.45, 7) is 2.05. The third-order valence-corrected chi connectivity index (χ3v) is 4.68. The number of hydrogen-bond donors (Lipinski definition) is 2. The maximum atomic E-state index is 4.75. The standard InChI is InChI=1S/C20H18N8/c1-12(17-24-15-7-3-4-8-16(15)25-17)23-19-14-11-22-28(2)20(14)27-18(26-19)13-6-5-9-21-10-13/h3-12H,1-2H3,(H,24,25)(H,23,26,27)/t12-/m1/s1. The Morgan fingerprint density at radius 1 is 1.04 bits per heavy atom. The van der Waals surface area contributed by atoms with E-state index in [1.165, 1.54) is 0 Å². The van der Waals surface area contributed by atoms with Gasteiger partial charge >= 0.3 is 0 Å². The number of anilines is 1. The van der Waals surface area contributed by atoms with Crippen LogP contribution in [0.15, 0.2) is 55.0 Å². The zero-order valence-electron chi connectivity index (χ0n) is 15.5. The Balaban J connectivity index is 1.57. The molecule has 4 aromatic heterocycles. The van der Waals surface area contributed by atoms with E-state index in [1.807, 2.05) is 50.4 Å². The second-order valence-corrected chi connectivity index (χ2v) is 6.65. The molecule has 0 unspecified atom stereocenters. The van der Waals surface area contributed by atoms with Gasteiger partial charge in [-0.3, -0.25) is 9.67 Å². The highest BCUT2D eigenvalue weighted by Crippen LogP contribution is 2.27. The molecule has 5 rings (SSSR count). The normalized spacial score (nSPS) is 12.5. The fourth-order valence-electron chi connectivity index (χ4n) is 3.21. The van der Waals surface area contributed by atoms with Crippen molar-refractivity contribution in [2.45, 2.75) is 13.0 Å². The molecule has 0 amide bonds. The number of hydrogen-bond acceptors (Lipinski definition) is 6. The molecule has 0 radical (unpaired) electrons. The average molecular weight is 370 g/mol. The van der Waals surface area contributed by atoms with Gasteiger partial charge in [-0.15, -0.1) is 0 Å². The average Bonchev–Trinajstić information content (AvgIpc) is 3.33. The fourth-order valence-corrected chi connectivity index (χ4v) is 3.21. The van der Waals surface area contributed by atoms with Crippen molar-refractivity contribution in [1.29, 1.82) is 0 Å². The first kappa shape index (κ1) is 16.4. The van der Waals surface area contributed by atoms with Crippen LogP contribution in [0.25, 0.3) is 33.5 Å². The number of pyridine rings is 1. The van der Waals surface area contributed by atoms with E-state index in [4.69, 9.17) is 4.98 Å². The molecule has 0 spiro atoms. The molecule has 4 heterocycles. The molecule has 2 N–H and O–H groups in total. The maximum Gasteiger partial charge on any atom is 0.165 e. The molecule has 0 fully saturated rings. The molecule has 5 aromatic rings. The Bertz CT molecular complexity index is 1240. The number of fused-ring (bicyclic) bond motifs is 2. The summed E-state index contributed by atoms with van der Waals surface area (Å²) < 4.78 is 1.74. The minimum absolute atomic E-state index is 0.0764. The summed E-state index contributed by atoms with van der Waals surface area (Å²) in [5, 5.41) is 8.67. The van der Waals surface area contributed by atoms with E-state index in [-0.39, 0.29) is 6.04 Å². The van der Waals surface area contributed by atoms with Gasteiger partial charge in [0.1, 0.15) is 11.6 Å². The Hall–Kier alpha value is -3.81. The van der Waals surface area contributed by atoms with E-state index < -0.39 is 0 Å². The lowest BCUT2D eigenvalue weighted by atomic mass is 10.2. The van der Waals surface area contributed by atoms with Crippen molar-refractivity contribution < 1.29 is 0 Å². The molecule has 0 aliphatic carbocycles. The van der Waals surface area contributed by atoms with Crippen LogP contribution in [0.4, 0.5) is 5.82 Å². The fraction of sp³-hybridized carbons (Fsp3) is 0.150. The van der Waals surface area contributed by atoms with Gasteiger partial charge in [0.15, 0.2) is 11.5 Å². The predicted molar refractivity (Wildman–Crippen MR) is 108 cm³/mol. The largest absolute Gasteiger partial charge is 0.360 e. The van der Waals surface area contributed by atoms with Gasteiger partial charge in [-0.25, -0.2) is 15.0 Å². The third kappa shape index (κ3) is 2.75. The SMILES string of the molecule is C[C@@H](Nc1nc(-c2cccnc2)nc2c1cnn2C)c1nc2ccccc2[nH]1. The molecule has 28 heavy (non-hydrogen) atoms. The summed E-state index contributed by atoms with van der Waals surface area (Å²) in [6, 6.07) is 11.7. The number of nitrogens with zero attached hydrogens (tertiary/aromatic N) is 6. The van der Waals surface area contributed by atoms with E-state index in [0.717, 1.165) is 33.5 Å². The predicted octanol–water partition coefficient (Wildman–Crippen LogP) is 3.47. The first-order valence-electron chi connectivity index (χ1n) is 9.00. The Labute approximate surface area is 160 Å². The molecule has 138 valence electrons. The Morgan fingerprint density at radius 3 is 2.75 bits per heavy atom. The summed E-state index contributed by atoms with van der Waals surface area (Å²) >= 11 is 0. The number of H-pyrrole nitrogens is 1. The quantitative estimate of drug-likeness (QED) is 0.503. The van der Waals surface area contributed by atoms with Crippen LogP contribution >= 0.6 is 0 Å². The van der Waals surface area contributed by atoms with E-state index in [2.05, 4.69) is 30.4 Å². The van der Waals surface area contributed by atoms with Gasteiger partial charge in [0.25, 0.3) is 0 Å². The smallest absolute Gasteiger partial charge is 0.165 e. The zero-order chi connectivity index (χ0) is 19.1. The second kappa shape index (κ2) is 6.41. The van der Waals surface area contributed by atoms with E-state index in [0.29, 0.717) is 11.6 Å². The molecule has 1 aromatic carbocycles. The van der Waals surface area contributed by atoms with Crippen molar-refractivity contribution in [1.82, 2.24) is 34.7 Å². The van der Waals surface area contributed by atoms with Crippen molar-refractivity contribution in [3.8, 4) is 11.4 Å². The lowest BCUT2D eigenvalue weighted by Gasteiger charge is -2.14. The molecule has 0 bridgehead atoms. The summed E-state index contributed by atoms with van der Waals surface area (Å²) in [4.78, 5) is 21.6. The minimum atomic E-state index is -0.0764. The highest BCUT2D eigenvalue weighted by molar-refractivity contribution is 5.88. The highest BCUT2D eigenvalue weighted by Gasteiger charge is 2.17. The Kier molecular flexibility index (Phi) is 3.75. The number of imidazole rings is 1. The van der Waals surface area contributed by atoms with Crippen molar-refractivity contribution >= 4 is 27.9 Å². The number of rotatable bonds is 4. The summed E-state index contributed by atoms with van der Waals surface area (Å²) in [5.41, 5.74) is 3.56. The summed E-state index contributed by atoms with van der Waals surface area (Å²) in [6.07, 6.45) is 5.26. The van der Waals surface area contributed by atoms with Crippen LogP contribution in [0.3, 0.4) is 0 Å². The first-order chi connectivity index (χ1) is 13.7. The molecule has 0 aliphatic rings. The lowest BCUT2D eigenvalue weighted by Crippen LogP contribution is -2.11. The van der Waals surface area contributed by atoms with E-state index in [9.17, 15) is 0 Å². The number of benzene rings is 1. The van der Waals surface area contributed by atoms with Crippen LogP contribution in [0.5, 0.6) is 0 Å². The van der Waals surface area contributed by atoms with Gasteiger partial charge in [-0.05, 0) is 31.2 Å². The van der Waals surface area contributed by atoms with Crippen LogP contribution in [0.2, 0.25) is 0 Å². The zero-order valence-corrected chi connectivity index (χ0v) is 15.5. The maximum absolute atomic E-state index is 4.75. The highest BCUT2D eigenvalue weighted by atomic mass is 15.3. The molecule has 0 saturated carbocycles. The van der Waals surface area contributed by atoms with Gasteiger partial charge in [0.2, 0.25) is 0 Å². The van der Waals surface area contributed by atoms with Gasteiger partial charge < -0.3 is 10.3 Å². The number of aromatic nitrogens is 7.